The Kier molecular flexibility index (Phi) is 3.28. The highest BCUT2D eigenvalue weighted by molar-refractivity contribution is 5.49. The first kappa shape index (κ1) is 12.7. The number of phenols is 1. The quantitative estimate of drug-likeness (QED) is 0.683. The number of rotatable bonds is 3. The van der Waals surface area contributed by atoms with E-state index in [1.165, 1.54) is 0 Å². The molecule has 0 unspecified atom stereocenters. The minimum atomic E-state index is -0.947. The van der Waals surface area contributed by atoms with Crippen LogP contribution >= 0.6 is 0 Å². The third-order valence-corrected chi connectivity index (χ3v) is 2.27. The first-order valence-electron chi connectivity index (χ1n) is 5.07. The molecule has 2 rings (SSSR count). The first-order valence-corrected chi connectivity index (χ1v) is 5.07. The third kappa shape index (κ3) is 2.76. The Balaban J connectivity index is 2.31. The fraction of sp³-hybridized carbons (Fsp3) is 0. The molecule has 0 bridgehead atoms. The van der Waals surface area contributed by atoms with Crippen LogP contribution in [0.4, 0.5) is 14.5 Å². The van der Waals surface area contributed by atoms with Gasteiger partial charge in [0.15, 0.2) is 23.1 Å². The van der Waals surface area contributed by atoms with Crippen LogP contribution in [0.25, 0.3) is 0 Å². The molecule has 0 saturated carbocycles. The lowest BCUT2D eigenvalue weighted by molar-refractivity contribution is -0.384. The second kappa shape index (κ2) is 4.89. The number of nitro benzene ring substituents is 1. The van der Waals surface area contributed by atoms with Crippen LogP contribution in [0.15, 0.2) is 36.4 Å². The zero-order valence-electron chi connectivity index (χ0n) is 9.34. The second-order valence-electron chi connectivity index (χ2n) is 3.59. The van der Waals surface area contributed by atoms with E-state index in [-0.39, 0.29) is 17.2 Å². The molecule has 0 atom stereocenters. The van der Waals surface area contributed by atoms with Gasteiger partial charge in [-0.05, 0) is 18.2 Å². The Morgan fingerprint density at radius 1 is 1.11 bits per heavy atom. The molecule has 0 fully saturated rings. The monoisotopic (exact) mass is 267 g/mol. The highest BCUT2D eigenvalue weighted by atomic mass is 19.1. The van der Waals surface area contributed by atoms with Crippen molar-refractivity contribution in [3.8, 4) is 17.2 Å². The van der Waals surface area contributed by atoms with E-state index in [2.05, 4.69) is 0 Å². The van der Waals surface area contributed by atoms with Gasteiger partial charge < -0.3 is 9.84 Å². The molecule has 98 valence electrons. The minimum Gasteiger partial charge on any atom is -0.504 e. The van der Waals surface area contributed by atoms with Crippen molar-refractivity contribution in [2.24, 2.45) is 0 Å². The Labute approximate surface area is 105 Å². The van der Waals surface area contributed by atoms with Crippen molar-refractivity contribution in [1.82, 2.24) is 0 Å². The molecule has 5 nitrogen and oxygen atoms in total. The maximum absolute atomic E-state index is 13.3. The summed E-state index contributed by atoms with van der Waals surface area (Å²) in [6.45, 7) is 0. The number of nitrogens with zero attached hydrogens (tertiary/aromatic N) is 1. The lowest BCUT2D eigenvalue weighted by Gasteiger charge is -2.08. The summed E-state index contributed by atoms with van der Waals surface area (Å²) in [4.78, 5) is 9.77. The zero-order valence-corrected chi connectivity index (χ0v) is 9.34. The molecule has 2 aromatic rings. The van der Waals surface area contributed by atoms with Crippen LogP contribution in [0.2, 0.25) is 0 Å². The predicted molar refractivity (Wildman–Crippen MR) is 61.2 cm³/mol. The number of halogens is 2. The number of aromatic hydroxyl groups is 1. The number of nitro groups is 1. The van der Waals surface area contributed by atoms with Crippen LogP contribution in [0.5, 0.6) is 17.2 Å². The number of benzene rings is 2. The molecule has 2 aromatic carbocycles. The highest BCUT2D eigenvalue weighted by Crippen LogP contribution is 2.34. The van der Waals surface area contributed by atoms with Crippen molar-refractivity contribution < 1.29 is 23.5 Å². The van der Waals surface area contributed by atoms with E-state index in [0.717, 1.165) is 30.3 Å². The molecule has 1 N–H and O–H groups in total. The zero-order chi connectivity index (χ0) is 14.0. The number of ether oxygens (including phenoxy) is 1. The molecular formula is C12H7F2NO4. The van der Waals surface area contributed by atoms with Crippen LogP contribution in [-0.4, -0.2) is 10.0 Å². The maximum Gasteiger partial charge on any atom is 0.273 e. The number of phenolic OH excluding ortho intramolecular Hbond substituents is 1. The largest absolute Gasteiger partial charge is 0.504 e. The Hall–Kier alpha value is -2.70. The van der Waals surface area contributed by atoms with Gasteiger partial charge in [0.1, 0.15) is 5.82 Å². The van der Waals surface area contributed by atoms with E-state index in [4.69, 9.17) is 4.74 Å². The fourth-order valence-electron chi connectivity index (χ4n) is 1.38. The molecule has 0 saturated heterocycles. The smallest absolute Gasteiger partial charge is 0.273 e. The Morgan fingerprint density at radius 3 is 2.37 bits per heavy atom. The number of non-ortho nitro benzene ring substituents is 1. The average molecular weight is 267 g/mol. The lowest BCUT2D eigenvalue weighted by atomic mass is 10.2. The van der Waals surface area contributed by atoms with Crippen LogP contribution in [0, 0.1) is 21.7 Å². The molecular weight excluding hydrogens is 260 g/mol. The molecule has 0 spiro atoms. The van der Waals surface area contributed by atoms with E-state index >= 15 is 0 Å². The van der Waals surface area contributed by atoms with Gasteiger partial charge in [0, 0.05) is 12.1 Å². The molecule has 0 aliphatic rings. The fourth-order valence-corrected chi connectivity index (χ4v) is 1.38. The summed E-state index contributed by atoms with van der Waals surface area (Å²) < 4.78 is 31.0. The minimum absolute atomic E-state index is 0.170. The summed E-state index contributed by atoms with van der Waals surface area (Å²) >= 11 is 0. The molecule has 0 aromatic heterocycles. The van der Waals surface area contributed by atoms with Crippen molar-refractivity contribution >= 4 is 5.69 Å². The summed E-state index contributed by atoms with van der Waals surface area (Å²) in [5.74, 6) is -2.70. The van der Waals surface area contributed by atoms with Crippen molar-refractivity contribution in [2.45, 2.75) is 0 Å². The van der Waals surface area contributed by atoms with E-state index in [0.29, 0.717) is 6.07 Å². The summed E-state index contributed by atoms with van der Waals surface area (Å²) in [6.07, 6.45) is 0. The molecule has 0 amide bonds. The topological polar surface area (TPSA) is 72.6 Å². The van der Waals surface area contributed by atoms with E-state index in [9.17, 15) is 24.0 Å². The standard InChI is InChI=1S/C12H7F2NO4/c13-7-1-3-11(9(14)5-7)19-12-4-2-8(15(17)18)6-10(12)16/h1-6,16H. The van der Waals surface area contributed by atoms with Crippen LogP contribution in [0.3, 0.4) is 0 Å². The van der Waals surface area contributed by atoms with Gasteiger partial charge in [0.25, 0.3) is 5.69 Å². The Morgan fingerprint density at radius 2 is 1.79 bits per heavy atom. The van der Waals surface area contributed by atoms with E-state index in [1.54, 1.807) is 0 Å². The second-order valence-corrected chi connectivity index (χ2v) is 3.59. The number of hydrogen-bond acceptors (Lipinski definition) is 4. The summed E-state index contributed by atoms with van der Waals surface area (Å²) in [6, 6.07) is 5.74. The van der Waals surface area contributed by atoms with Crippen molar-refractivity contribution in [1.29, 1.82) is 0 Å². The summed E-state index contributed by atoms with van der Waals surface area (Å²) in [5, 5.41) is 20.0. The highest BCUT2D eigenvalue weighted by Gasteiger charge is 2.13. The van der Waals surface area contributed by atoms with Gasteiger partial charge >= 0.3 is 0 Å². The van der Waals surface area contributed by atoms with E-state index < -0.39 is 22.3 Å². The van der Waals surface area contributed by atoms with Gasteiger partial charge in [0.2, 0.25) is 0 Å². The average Bonchev–Trinajstić information content (AvgIpc) is 2.34. The third-order valence-electron chi connectivity index (χ3n) is 2.27. The van der Waals surface area contributed by atoms with Gasteiger partial charge in [-0.25, -0.2) is 8.78 Å². The molecule has 0 aliphatic heterocycles. The maximum atomic E-state index is 13.3. The summed E-state index contributed by atoms with van der Waals surface area (Å²) in [7, 11) is 0. The molecule has 0 aliphatic carbocycles. The van der Waals surface area contributed by atoms with Crippen LogP contribution in [-0.2, 0) is 0 Å². The van der Waals surface area contributed by atoms with Crippen LogP contribution < -0.4 is 4.74 Å². The first-order chi connectivity index (χ1) is 8.97. The van der Waals surface area contributed by atoms with E-state index in [1.807, 2.05) is 0 Å². The van der Waals surface area contributed by atoms with Gasteiger partial charge in [-0.15, -0.1) is 0 Å². The van der Waals surface area contributed by atoms with Gasteiger partial charge in [-0.1, -0.05) is 0 Å². The van der Waals surface area contributed by atoms with Gasteiger partial charge in [-0.3, -0.25) is 10.1 Å². The molecule has 7 heteroatoms. The number of hydrogen-bond donors (Lipinski definition) is 1. The SMILES string of the molecule is O=[N+]([O-])c1ccc(Oc2ccc(F)cc2F)c(O)c1. The Bertz CT molecular complexity index is 646. The molecule has 19 heavy (non-hydrogen) atoms. The lowest BCUT2D eigenvalue weighted by Crippen LogP contribution is -1.92. The van der Waals surface area contributed by atoms with Crippen molar-refractivity contribution in [3.05, 3.63) is 58.1 Å². The predicted octanol–water partition coefficient (Wildman–Crippen LogP) is 3.37. The van der Waals surface area contributed by atoms with Crippen molar-refractivity contribution in [3.63, 3.8) is 0 Å². The van der Waals surface area contributed by atoms with Gasteiger partial charge in [0.05, 0.1) is 11.0 Å². The molecule has 0 radical (unpaired) electrons. The normalized spacial score (nSPS) is 10.2. The summed E-state index contributed by atoms with van der Waals surface area (Å²) in [5.41, 5.74) is -0.329. The molecule has 0 heterocycles. The van der Waals surface area contributed by atoms with Crippen molar-refractivity contribution in [2.75, 3.05) is 0 Å². The van der Waals surface area contributed by atoms with Gasteiger partial charge in [-0.2, -0.15) is 0 Å². The van der Waals surface area contributed by atoms with Crippen LogP contribution in [0.1, 0.15) is 0 Å².